The predicted octanol–water partition coefficient (Wildman–Crippen LogP) is 4.22. The number of carbonyl (C=O) groups is 1. The molecule has 1 aliphatic heterocycles. The molecule has 0 saturated heterocycles. The Morgan fingerprint density at radius 2 is 1.91 bits per heavy atom. The van der Waals surface area contributed by atoms with Gasteiger partial charge in [0.15, 0.2) is 0 Å². The number of para-hydroxylation sites is 1. The molecule has 0 bridgehead atoms. The molecule has 0 spiro atoms. The topological polar surface area (TPSA) is 20.3 Å². The highest BCUT2D eigenvalue weighted by molar-refractivity contribution is 5.94. The molecule has 0 atom stereocenters. The highest BCUT2D eigenvalue weighted by Crippen LogP contribution is 2.27. The first-order valence-corrected chi connectivity index (χ1v) is 8.09. The van der Waals surface area contributed by atoms with Gasteiger partial charge in [0.05, 0.1) is 0 Å². The molecule has 0 radical (unpaired) electrons. The summed E-state index contributed by atoms with van der Waals surface area (Å²) in [5, 5.41) is 0. The summed E-state index contributed by atoms with van der Waals surface area (Å²) in [7, 11) is 0. The van der Waals surface area contributed by atoms with Crippen LogP contribution in [0.25, 0.3) is 0 Å². The molecular formula is C20H23NO. The second kappa shape index (κ2) is 6.35. The highest BCUT2D eigenvalue weighted by Gasteiger charge is 2.21. The Hall–Kier alpha value is -2.09. The summed E-state index contributed by atoms with van der Waals surface area (Å²) in [6.07, 6.45) is 3.54. The minimum atomic E-state index is 0.241. The van der Waals surface area contributed by atoms with Gasteiger partial charge in [0.1, 0.15) is 0 Å². The molecule has 114 valence electrons. The monoisotopic (exact) mass is 293 g/mol. The van der Waals surface area contributed by atoms with E-state index in [0.29, 0.717) is 6.42 Å². The van der Waals surface area contributed by atoms with Crippen molar-refractivity contribution in [1.29, 1.82) is 0 Å². The van der Waals surface area contributed by atoms with Gasteiger partial charge in [0.25, 0.3) is 0 Å². The van der Waals surface area contributed by atoms with Crippen molar-refractivity contribution in [3.8, 4) is 0 Å². The van der Waals surface area contributed by atoms with Gasteiger partial charge in [-0.05, 0) is 61.4 Å². The van der Waals surface area contributed by atoms with Crippen molar-refractivity contribution in [2.24, 2.45) is 0 Å². The van der Waals surface area contributed by atoms with Crippen molar-refractivity contribution in [3.63, 3.8) is 0 Å². The molecule has 3 rings (SSSR count). The van der Waals surface area contributed by atoms with Crippen molar-refractivity contribution in [3.05, 3.63) is 64.7 Å². The molecule has 1 heterocycles. The molecule has 1 amide bonds. The normalized spacial score (nSPS) is 13.8. The van der Waals surface area contributed by atoms with Crippen LogP contribution in [0.2, 0.25) is 0 Å². The van der Waals surface area contributed by atoms with E-state index in [2.05, 4.69) is 50.2 Å². The lowest BCUT2D eigenvalue weighted by Gasteiger charge is -2.29. The molecular weight excluding hydrogens is 270 g/mol. The molecule has 0 unspecified atom stereocenters. The number of anilines is 1. The minimum absolute atomic E-state index is 0.241. The highest BCUT2D eigenvalue weighted by atomic mass is 16.2. The van der Waals surface area contributed by atoms with E-state index < -0.39 is 0 Å². The third-order valence-corrected chi connectivity index (χ3v) is 4.61. The van der Waals surface area contributed by atoms with E-state index >= 15 is 0 Å². The first-order valence-electron chi connectivity index (χ1n) is 8.09. The van der Waals surface area contributed by atoms with Crippen LogP contribution >= 0.6 is 0 Å². The fourth-order valence-corrected chi connectivity index (χ4v) is 3.14. The molecule has 0 aromatic heterocycles. The average Bonchev–Trinajstić information content (AvgIpc) is 2.55. The lowest BCUT2D eigenvalue weighted by atomic mass is 10.00. The third kappa shape index (κ3) is 3.06. The summed E-state index contributed by atoms with van der Waals surface area (Å²) in [5.74, 6) is 0.241. The molecule has 0 fully saturated rings. The van der Waals surface area contributed by atoms with Crippen molar-refractivity contribution in [2.75, 3.05) is 11.4 Å². The number of benzene rings is 2. The van der Waals surface area contributed by atoms with Crippen LogP contribution in [0.3, 0.4) is 0 Å². The van der Waals surface area contributed by atoms with Gasteiger partial charge in [-0.25, -0.2) is 0 Å². The molecule has 0 saturated carbocycles. The van der Waals surface area contributed by atoms with Crippen LogP contribution in [0.1, 0.15) is 35.1 Å². The first kappa shape index (κ1) is 14.8. The molecule has 2 aromatic carbocycles. The van der Waals surface area contributed by atoms with E-state index in [0.717, 1.165) is 31.5 Å². The fraction of sp³-hybridized carbons (Fsp3) is 0.350. The smallest absolute Gasteiger partial charge is 0.227 e. The Labute approximate surface area is 132 Å². The van der Waals surface area contributed by atoms with Crippen LogP contribution in [0.15, 0.2) is 42.5 Å². The van der Waals surface area contributed by atoms with Crippen LogP contribution in [-0.2, 0) is 17.6 Å². The summed E-state index contributed by atoms with van der Waals surface area (Å²) in [5.41, 5.74) is 6.27. The standard InChI is InChI=1S/C20H23NO/c1-15-9-10-17(14-16(15)2)11-12-20(22)21-13-5-7-18-6-3-4-8-19(18)21/h3-4,6,8-10,14H,5,7,11-13H2,1-2H3. The summed E-state index contributed by atoms with van der Waals surface area (Å²) in [6.45, 7) is 5.10. The van der Waals surface area contributed by atoms with E-state index in [1.54, 1.807) is 0 Å². The number of carbonyl (C=O) groups excluding carboxylic acids is 1. The van der Waals surface area contributed by atoms with Gasteiger partial charge < -0.3 is 4.90 Å². The quantitative estimate of drug-likeness (QED) is 0.830. The van der Waals surface area contributed by atoms with Gasteiger partial charge in [-0.2, -0.15) is 0 Å². The number of hydrogen-bond donors (Lipinski definition) is 0. The maximum atomic E-state index is 12.6. The Bertz CT molecular complexity index is 690. The molecule has 22 heavy (non-hydrogen) atoms. The number of rotatable bonds is 3. The van der Waals surface area contributed by atoms with Crippen LogP contribution < -0.4 is 4.90 Å². The fourth-order valence-electron chi connectivity index (χ4n) is 3.14. The van der Waals surface area contributed by atoms with Crippen LogP contribution in [0.4, 0.5) is 5.69 Å². The summed E-state index contributed by atoms with van der Waals surface area (Å²) < 4.78 is 0. The van der Waals surface area contributed by atoms with E-state index in [4.69, 9.17) is 0 Å². The zero-order chi connectivity index (χ0) is 15.5. The Balaban J connectivity index is 1.69. The van der Waals surface area contributed by atoms with E-state index in [1.165, 1.54) is 22.3 Å². The molecule has 2 aromatic rings. The predicted molar refractivity (Wildman–Crippen MR) is 91.4 cm³/mol. The number of nitrogens with zero attached hydrogens (tertiary/aromatic N) is 1. The number of amides is 1. The lowest BCUT2D eigenvalue weighted by molar-refractivity contribution is -0.118. The molecule has 2 heteroatoms. The SMILES string of the molecule is Cc1ccc(CCC(=O)N2CCCc3ccccc32)cc1C. The summed E-state index contributed by atoms with van der Waals surface area (Å²) >= 11 is 0. The van der Waals surface area contributed by atoms with Gasteiger partial charge in [-0.15, -0.1) is 0 Å². The van der Waals surface area contributed by atoms with Crippen LogP contribution in [-0.4, -0.2) is 12.5 Å². The molecule has 2 nitrogen and oxygen atoms in total. The van der Waals surface area contributed by atoms with Gasteiger partial charge in [0.2, 0.25) is 5.91 Å². The lowest BCUT2D eigenvalue weighted by Crippen LogP contribution is -2.35. The average molecular weight is 293 g/mol. The number of hydrogen-bond acceptors (Lipinski definition) is 1. The van der Waals surface area contributed by atoms with E-state index in [9.17, 15) is 4.79 Å². The van der Waals surface area contributed by atoms with Crippen LogP contribution in [0, 0.1) is 13.8 Å². The third-order valence-electron chi connectivity index (χ3n) is 4.61. The van der Waals surface area contributed by atoms with E-state index in [-0.39, 0.29) is 5.91 Å². The maximum Gasteiger partial charge on any atom is 0.227 e. The minimum Gasteiger partial charge on any atom is -0.312 e. The zero-order valence-electron chi connectivity index (χ0n) is 13.4. The second-order valence-corrected chi connectivity index (χ2v) is 6.20. The van der Waals surface area contributed by atoms with Crippen molar-refractivity contribution in [1.82, 2.24) is 0 Å². The Morgan fingerprint density at radius 1 is 1.09 bits per heavy atom. The van der Waals surface area contributed by atoms with Gasteiger partial charge in [0, 0.05) is 18.7 Å². The van der Waals surface area contributed by atoms with Crippen molar-refractivity contribution >= 4 is 11.6 Å². The van der Waals surface area contributed by atoms with Crippen molar-refractivity contribution < 1.29 is 4.79 Å². The van der Waals surface area contributed by atoms with Gasteiger partial charge in [-0.3, -0.25) is 4.79 Å². The summed E-state index contributed by atoms with van der Waals surface area (Å²) in [4.78, 5) is 14.6. The number of fused-ring (bicyclic) bond motifs is 1. The maximum absolute atomic E-state index is 12.6. The molecule has 0 N–H and O–H groups in total. The largest absolute Gasteiger partial charge is 0.312 e. The molecule has 1 aliphatic rings. The van der Waals surface area contributed by atoms with Crippen LogP contribution in [0.5, 0.6) is 0 Å². The summed E-state index contributed by atoms with van der Waals surface area (Å²) in [6, 6.07) is 14.8. The van der Waals surface area contributed by atoms with Gasteiger partial charge in [-0.1, -0.05) is 36.4 Å². The Morgan fingerprint density at radius 3 is 2.73 bits per heavy atom. The van der Waals surface area contributed by atoms with E-state index in [1.807, 2.05) is 11.0 Å². The molecule has 0 aliphatic carbocycles. The number of aryl methyl sites for hydroxylation is 4. The van der Waals surface area contributed by atoms with Crippen molar-refractivity contribution in [2.45, 2.75) is 39.5 Å². The second-order valence-electron chi connectivity index (χ2n) is 6.20. The van der Waals surface area contributed by atoms with Gasteiger partial charge >= 0.3 is 0 Å². The zero-order valence-corrected chi connectivity index (χ0v) is 13.4. The Kier molecular flexibility index (Phi) is 4.28. The first-order chi connectivity index (χ1) is 10.6.